The minimum absolute atomic E-state index is 0.110. The molecule has 1 rings (SSSR count). The molecule has 1 aromatic heterocycles. The van der Waals surface area contributed by atoms with E-state index >= 15 is 0 Å². The van der Waals surface area contributed by atoms with Crippen LogP contribution in [0.1, 0.15) is 31.5 Å². The molecule has 15 heavy (non-hydrogen) atoms. The van der Waals surface area contributed by atoms with E-state index < -0.39 is 0 Å². The van der Waals surface area contributed by atoms with Gasteiger partial charge in [0.2, 0.25) is 0 Å². The standard InChI is InChI=1S/C11H19N3O/c1-8(2)15-11-13-7-10(5-4-6-12)9(3)14-11/h7-8H,4-6,12H2,1-3H3. The van der Waals surface area contributed by atoms with Crippen LogP contribution in [0.25, 0.3) is 0 Å². The van der Waals surface area contributed by atoms with Gasteiger partial charge in [-0.05, 0) is 45.7 Å². The van der Waals surface area contributed by atoms with Crippen LogP contribution in [0.5, 0.6) is 6.01 Å². The predicted molar refractivity (Wildman–Crippen MR) is 59.9 cm³/mol. The summed E-state index contributed by atoms with van der Waals surface area (Å²) in [7, 11) is 0. The van der Waals surface area contributed by atoms with E-state index in [0.717, 1.165) is 24.1 Å². The van der Waals surface area contributed by atoms with Gasteiger partial charge in [0.15, 0.2) is 0 Å². The Labute approximate surface area is 90.9 Å². The molecule has 0 spiro atoms. The minimum Gasteiger partial charge on any atom is -0.461 e. The molecular weight excluding hydrogens is 190 g/mol. The van der Waals surface area contributed by atoms with Gasteiger partial charge in [0.05, 0.1) is 6.10 Å². The molecule has 4 heteroatoms. The molecule has 4 nitrogen and oxygen atoms in total. The molecule has 1 heterocycles. The van der Waals surface area contributed by atoms with Crippen LogP contribution < -0.4 is 10.5 Å². The number of ether oxygens (including phenoxy) is 1. The third kappa shape index (κ3) is 3.83. The maximum Gasteiger partial charge on any atom is 0.316 e. The van der Waals surface area contributed by atoms with E-state index in [1.54, 1.807) is 0 Å². The molecule has 0 aliphatic rings. The summed E-state index contributed by atoms with van der Waals surface area (Å²) in [6.07, 6.45) is 3.84. The number of aryl methyl sites for hydroxylation is 2. The zero-order valence-corrected chi connectivity index (χ0v) is 9.66. The van der Waals surface area contributed by atoms with E-state index in [9.17, 15) is 0 Å². The Balaban J connectivity index is 2.69. The SMILES string of the molecule is Cc1nc(OC(C)C)ncc1CCCN. The Morgan fingerprint density at radius 1 is 1.47 bits per heavy atom. The monoisotopic (exact) mass is 209 g/mol. The highest BCUT2D eigenvalue weighted by Crippen LogP contribution is 2.11. The van der Waals surface area contributed by atoms with E-state index in [2.05, 4.69) is 9.97 Å². The van der Waals surface area contributed by atoms with Crippen molar-refractivity contribution in [2.75, 3.05) is 6.54 Å². The molecule has 0 aliphatic heterocycles. The predicted octanol–water partition coefficient (Wildman–Crippen LogP) is 1.46. The van der Waals surface area contributed by atoms with Crippen molar-refractivity contribution in [1.82, 2.24) is 9.97 Å². The van der Waals surface area contributed by atoms with Gasteiger partial charge in [0.1, 0.15) is 0 Å². The molecular formula is C11H19N3O. The van der Waals surface area contributed by atoms with Crippen LogP contribution in [0.4, 0.5) is 0 Å². The summed E-state index contributed by atoms with van der Waals surface area (Å²) in [5, 5.41) is 0. The first-order valence-electron chi connectivity index (χ1n) is 5.32. The van der Waals surface area contributed by atoms with Gasteiger partial charge in [0, 0.05) is 11.9 Å². The van der Waals surface area contributed by atoms with Crippen LogP contribution in [0, 0.1) is 6.92 Å². The molecule has 0 amide bonds. The average molecular weight is 209 g/mol. The molecule has 0 aromatic carbocycles. The van der Waals surface area contributed by atoms with E-state index in [-0.39, 0.29) is 6.10 Å². The molecule has 1 aromatic rings. The highest BCUT2D eigenvalue weighted by molar-refractivity contribution is 5.17. The lowest BCUT2D eigenvalue weighted by Gasteiger charge is -2.09. The maximum absolute atomic E-state index is 5.46. The van der Waals surface area contributed by atoms with E-state index in [4.69, 9.17) is 10.5 Å². The van der Waals surface area contributed by atoms with Gasteiger partial charge in [0.25, 0.3) is 0 Å². The molecule has 0 fully saturated rings. The van der Waals surface area contributed by atoms with Gasteiger partial charge in [-0.2, -0.15) is 0 Å². The Morgan fingerprint density at radius 2 is 2.20 bits per heavy atom. The van der Waals surface area contributed by atoms with Crippen molar-refractivity contribution >= 4 is 0 Å². The maximum atomic E-state index is 5.46. The Bertz CT molecular complexity index is 313. The van der Waals surface area contributed by atoms with Crippen molar-refractivity contribution in [2.24, 2.45) is 5.73 Å². The van der Waals surface area contributed by atoms with Crippen molar-refractivity contribution in [3.05, 3.63) is 17.5 Å². The fourth-order valence-electron chi connectivity index (χ4n) is 1.28. The lowest BCUT2D eigenvalue weighted by Crippen LogP contribution is -2.10. The van der Waals surface area contributed by atoms with Crippen molar-refractivity contribution in [3.63, 3.8) is 0 Å². The molecule has 0 aliphatic carbocycles. The lowest BCUT2D eigenvalue weighted by molar-refractivity contribution is 0.221. The van der Waals surface area contributed by atoms with Crippen molar-refractivity contribution in [3.8, 4) is 6.01 Å². The summed E-state index contributed by atoms with van der Waals surface area (Å²) < 4.78 is 5.41. The molecule has 0 saturated heterocycles. The van der Waals surface area contributed by atoms with Crippen LogP contribution in [-0.4, -0.2) is 22.6 Å². The summed E-state index contributed by atoms with van der Waals surface area (Å²) in [5.41, 5.74) is 7.59. The Hall–Kier alpha value is -1.16. The van der Waals surface area contributed by atoms with E-state index in [1.165, 1.54) is 0 Å². The molecule has 0 saturated carbocycles. The second kappa shape index (κ2) is 5.66. The normalized spacial score (nSPS) is 10.7. The minimum atomic E-state index is 0.110. The zero-order chi connectivity index (χ0) is 11.3. The van der Waals surface area contributed by atoms with Gasteiger partial charge in [-0.3, -0.25) is 0 Å². The Morgan fingerprint density at radius 3 is 2.73 bits per heavy atom. The van der Waals surface area contributed by atoms with Crippen LogP contribution in [0.2, 0.25) is 0 Å². The summed E-state index contributed by atoms with van der Waals surface area (Å²) >= 11 is 0. The van der Waals surface area contributed by atoms with Gasteiger partial charge < -0.3 is 10.5 Å². The highest BCUT2D eigenvalue weighted by atomic mass is 16.5. The molecule has 0 bridgehead atoms. The number of hydrogen-bond acceptors (Lipinski definition) is 4. The molecule has 84 valence electrons. The van der Waals surface area contributed by atoms with Gasteiger partial charge in [-0.1, -0.05) is 0 Å². The number of nitrogens with zero attached hydrogens (tertiary/aromatic N) is 2. The fourth-order valence-corrected chi connectivity index (χ4v) is 1.28. The average Bonchev–Trinajstić information content (AvgIpc) is 2.15. The quantitative estimate of drug-likeness (QED) is 0.797. The fraction of sp³-hybridized carbons (Fsp3) is 0.636. The molecule has 0 atom stereocenters. The number of rotatable bonds is 5. The smallest absolute Gasteiger partial charge is 0.316 e. The van der Waals surface area contributed by atoms with Crippen LogP contribution in [-0.2, 0) is 6.42 Å². The van der Waals surface area contributed by atoms with Crippen molar-refractivity contribution < 1.29 is 4.74 Å². The largest absolute Gasteiger partial charge is 0.461 e. The van der Waals surface area contributed by atoms with Gasteiger partial charge in [-0.25, -0.2) is 9.97 Å². The molecule has 2 N–H and O–H groups in total. The summed E-state index contributed by atoms with van der Waals surface area (Å²) in [4.78, 5) is 8.45. The summed E-state index contributed by atoms with van der Waals surface area (Å²) in [6.45, 7) is 6.59. The van der Waals surface area contributed by atoms with Gasteiger partial charge in [-0.15, -0.1) is 0 Å². The third-order valence-corrected chi connectivity index (χ3v) is 2.05. The summed E-state index contributed by atoms with van der Waals surface area (Å²) in [5.74, 6) is 0. The number of nitrogens with two attached hydrogens (primary N) is 1. The second-order valence-electron chi connectivity index (χ2n) is 3.82. The van der Waals surface area contributed by atoms with Crippen LogP contribution >= 0.6 is 0 Å². The first-order valence-corrected chi connectivity index (χ1v) is 5.32. The zero-order valence-electron chi connectivity index (χ0n) is 9.66. The van der Waals surface area contributed by atoms with Crippen LogP contribution in [0.3, 0.4) is 0 Å². The van der Waals surface area contributed by atoms with E-state index in [0.29, 0.717) is 12.6 Å². The Kier molecular flexibility index (Phi) is 4.49. The molecule has 0 unspecified atom stereocenters. The number of hydrogen-bond donors (Lipinski definition) is 1. The van der Waals surface area contributed by atoms with Crippen molar-refractivity contribution in [1.29, 1.82) is 0 Å². The highest BCUT2D eigenvalue weighted by Gasteiger charge is 2.05. The second-order valence-corrected chi connectivity index (χ2v) is 3.82. The number of aromatic nitrogens is 2. The van der Waals surface area contributed by atoms with Crippen LogP contribution in [0.15, 0.2) is 6.20 Å². The first-order chi connectivity index (χ1) is 7.13. The molecule has 0 radical (unpaired) electrons. The van der Waals surface area contributed by atoms with Crippen molar-refractivity contribution in [2.45, 2.75) is 39.7 Å². The third-order valence-electron chi connectivity index (χ3n) is 2.05. The topological polar surface area (TPSA) is 61.0 Å². The van der Waals surface area contributed by atoms with E-state index in [1.807, 2.05) is 27.0 Å². The van der Waals surface area contributed by atoms with Gasteiger partial charge >= 0.3 is 6.01 Å². The first kappa shape index (κ1) is 11.9. The summed E-state index contributed by atoms with van der Waals surface area (Å²) in [6, 6.07) is 0.457. The lowest BCUT2D eigenvalue weighted by atomic mass is 10.1.